The van der Waals surface area contributed by atoms with Crippen LogP contribution >= 0.6 is 23.2 Å². The third-order valence-corrected chi connectivity index (χ3v) is 5.41. The second kappa shape index (κ2) is 9.96. The molecule has 0 unspecified atom stereocenters. The lowest BCUT2D eigenvalue weighted by atomic mass is 10.2. The molecule has 0 aliphatic rings. The zero-order valence-corrected chi connectivity index (χ0v) is 18.3. The molecule has 0 fully saturated rings. The van der Waals surface area contributed by atoms with Gasteiger partial charge in [0.2, 0.25) is 0 Å². The van der Waals surface area contributed by atoms with Crippen molar-refractivity contribution in [2.75, 3.05) is 0 Å². The molecule has 0 amide bonds. The topological polar surface area (TPSA) is 59.4 Å². The zero-order chi connectivity index (χ0) is 20.8. The van der Waals surface area contributed by atoms with E-state index in [0.717, 1.165) is 61.4 Å². The maximum absolute atomic E-state index is 9.36. The number of halogens is 2. The van der Waals surface area contributed by atoms with Crippen molar-refractivity contribution < 1.29 is 0 Å². The molecule has 0 saturated carbocycles. The fraction of sp³-hybridized carbons (Fsp3) is 0.409. The van der Waals surface area contributed by atoms with Crippen LogP contribution in [0.1, 0.15) is 62.4 Å². The lowest BCUT2D eigenvalue weighted by molar-refractivity contribution is 0.612. The van der Waals surface area contributed by atoms with E-state index in [0.29, 0.717) is 22.4 Å². The maximum Gasteiger partial charge on any atom is 0.150 e. The van der Waals surface area contributed by atoms with Gasteiger partial charge in [0.15, 0.2) is 5.82 Å². The first kappa shape index (κ1) is 21.4. The first-order valence-electron chi connectivity index (χ1n) is 10.1. The van der Waals surface area contributed by atoms with Crippen LogP contribution in [0.5, 0.6) is 0 Å². The number of aryl methyl sites for hydroxylation is 2. The van der Waals surface area contributed by atoms with Gasteiger partial charge in [-0.25, -0.2) is 9.67 Å². The predicted molar refractivity (Wildman–Crippen MR) is 117 cm³/mol. The van der Waals surface area contributed by atoms with Crippen LogP contribution in [0, 0.1) is 11.3 Å². The normalized spacial score (nSPS) is 11.0. The molecule has 5 nitrogen and oxygen atoms in total. The van der Waals surface area contributed by atoms with E-state index in [4.69, 9.17) is 33.3 Å². The molecule has 0 N–H and O–H groups in total. The number of aromatic nitrogens is 4. The monoisotopic (exact) mass is 429 g/mol. The molecule has 1 aromatic carbocycles. The Morgan fingerprint density at radius 1 is 1.03 bits per heavy atom. The van der Waals surface area contributed by atoms with Gasteiger partial charge in [0.1, 0.15) is 22.7 Å². The Bertz CT molecular complexity index is 996. The van der Waals surface area contributed by atoms with Crippen LogP contribution in [0.25, 0.3) is 5.69 Å². The standard InChI is InChI=1S/C22H25Cl2N5/c1-3-5-7-21-26-22(8-6-4-2)28(27-21)15-16-9-11-17(12-10-16)29-19(14-25)18(23)13-20(29)24/h9-13H,3-8,15H2,1-2H3. The van der Waals surface area contributed by atoms with E-state index in [-0.39, 0.29) is 0 Å². The first-order valence-corrected chi connectivity index (χ1v) is 10.8. The molecule has 3 aromatic rings. The molecular formula is C22H25Cl2N5. The quantitative estimate of drug-likeness (QED) is 0.420. The molecule has 0 bridgehead atoms. The minimum Gasteiger partial charge on any atom is -0.290 e. The fourth-order valence-corrected chi connectivity index (χ4v) is 3.82. The Balaban J connectivity index is 1.83. The molecule has 2 aromatic heterocycles. The van der Waals surface area contributed by atoms with Crippen molar-refractivity contribution in [2.24, 2.45) is 0 Å². The summed E-state index contributed by atoms with van der Waals surface area (Å²) in [5.41, 5.74) is 2.25. The van der Waals surface area contributed by atoms with Crippen LogP contribution in [0.15, 0.2) is 30.3 Å². The molecule has 0 aliphatic heterocycles. The average molecular weight is 430 g/mol. The molecule has 3 rings (SSSR count). The molecular weight excluding hydrogens is 405 g/mol. The highest BCUT2D eigenvalue weighted by Gasteiger charge is 2.14. The SMILES string of the molecule is CCCCc1nc(CCCC)n(Cc2ccc(-n3c(Cl)cc(Cl)c3C#N)cc2)n1. The minimum absolute atomic E-state index is 0.336. The smallest absolute Gasteiger partial charge is 0.150 e. The number of nitriles is 1. The highest BCUT2D eigenvalue weighted by atomic mass is 35.5. The van der Waals surface area contributed by atoms with Gasteiger partial charge < -0.3 is 0 Å². The molecule has 0 saturated heterocycles. The summed E-state index contributed by atoms with van der Waals surface area (Å²) in [6.45, 7) is 5.04. The summed E-state index contributed by atoms with van der Waals surface area (Å²) < 4.78 is 3.68. The van der Waals surface area contributed by atoms with Crippen LogP contribution in [-0.4, -0.2) is 19.3 Å². The van der Waals surface area contributed by atoms with Crippen molar-refractivity contribution in [3.8, 4) is 11.8 Å². The number of hydrogen-bond donors (Lipinski definition) is 0. The lowest BCUT2D eigenvalue weighted by Crippen LogP contribution is -2.07. The van der Waals surface area contributed by atoms with Gasteiger partial charge in [-0.3, -0.25) is 4.57 Å². The minimum atomic E-state index is 0.336. The van der Waals surface area contributed by atoms with Crippen LogP contribution < -0.4 is 0 Å². The molecule has 0 spiro atoms. The lowest BCUT2D eigenvalue weighted by Gasteiger charge is -2.09. The van der Waals surface area contributed by atoms with Crippen LogP contribution in [0.4, 0.5) is 0 Å². The summed E-state index contributed by atoms with van der Waals surface area (Å²) in [6.07, 6.45) is 6.34. The molecule has 0 atom stereocenters. The van der Waals surface area contributed by atoms with E-state index in [1.165, 1.54) is 0 Å². The van der Waals surface area contributed by atoms with Crippen molar-refractivity contribution in [2.45, 2.75) is 58.9 Å². The second-order valence-corrected chi connectivity index (χ2v) is 7.88. The van der Waals surface area contributed by atoms with Gasteiger partial charge in [-0.05, 0) is 36.6 Å². The third-order valence-electron chi connectivity index (χ3n) is 4.84. The molecule has 0 aliphatic carbocycles. The van der Waals surface area contributed by atoms with Gasteiger partial charge in [-0.2, -0.15) is 10.4 Å². The predicted octanol–water partition coefficient (Wildman–Crippen LogP) is 5.98. The summed E-state index contributed by atoms with van der Waals surface area (Å²) >= 11 is 12.3. The highest BCUT2D eigenvalue weighted by Crippen LogP contribution is 2.28. The number of benzene rings is 1. The number of nitrogens with zero attached hydrogens (tertiary/aromatic N) is 5. The molecule has 29 heavy (non-hydrogen) atoms. The number of hydrogen-bond acceptors (Lipinski definition) is 3. The summed E-state index contributed by atoms with van der Waals surface area (Å²) in [4.78, 5) is 4.76. The molecule has 152 valence electrons. The van der Waals surface area contributed by atoms with E-state index in [1.54, 1.807) is 10.6 Å². The summed E-state index contributed by atoms with van der Waals surface area (Å²) in [5, 5.41) is 14.9. The fourth-order valence-electron chi connectivity index (χ4n) is 3.24. The van der Waals surface area contributed by atoms with Gasteiger partial charge >= 0.3 is 0 Å². The Morgan fingerprint density at radius 3 is 2.38 bits per heavy atom. The van der Waals surface area contributed by atoms with Gasteiger partial charge in [-0.15, -0.1) is 0 Å². The largest absolute Gasteiger partial charge is 0.290 e. The Morgan fingerprint density at radius 2 is 1.72 bits per heavy atom. The Kier molecular flexibility index (Phi) is 7.35. The number of unbranched alkanes of at least 4 members (excludes halogenated alkanes) is 2. The van der Waals surface area contributed by atoms with E-state index in [1.807, 2.05) is 28.9 Å². The van der Waals surface area contributed by atoms with Crippen molar-refractivity contribution in [3.05, 3.63) is 63.4 Å². The molecule has 7 heteroatoms. The van der Waals surface area contributed by atoms with E-state index in [2.05, 4.69) is 19.9 Å². The second-order valence-electron chi connectivity index (χ2n) is 7.09. The summed E-state index contributed by atoms with van der Waals surface area (Å²) in [5.74, 6) is 1.98. The maximum atomic E-state index is 9.36. The first-order chi connectivity index (χ1) is 14.1. The van der Waals surface area contributed by atoms with E-state index in [9.17, 15) is 5.26 Å². The molecule has 2 heterocycles. The van der Waals surface area contributed by atoms with Gasteiger partial charge in [-0.1, -0.05) is 62.0 Å². The van der Waals surface area contributed by atoms with Crippen LogP contribution in [0.3, 0.4) is 0 Å². The van der Waals surface area contributed by atoms with Crippen LogP contribution in [-0.2, 0) is 19.4 Å². The molecule has 0 radical (unpaired) electrons. The summed E-state index contributed by atoms with van der Waals surface area (Å²) in [6, 6.07) is 11.6. The third kappa shape index (κ3) is 5.01. The van der Waals surface area contributed by atoms with E-state index >= 15 is 0 Å². The van der Waals surface area contributed by atoms with Crippen molar-refractivity contribution in [1.29, 1.82) is 5.26 Å². The summed E-state index contributed by atoms with van der Waals surface area (Å²) in [7, 11) is 0. The van der Waals surface area contributed by atoms with Crippen molar-refractivity contribution in [1.82, 2.24) is 19.3 Å². The van der Waals surface area contributed by atoms with Gasteiger partial charge in [0, 0.05) is 18.5 Å². The van der Waals surface area contributed by atoms with Gasteiger partial charge in [0.05, 0.1) is 11.6 Å². The number of rotatable bonds is 9. The van der Waals surface area contributed by atoms with Crippen molar-refractivity contribution in [3.63, 3.8) is 0 Å². The van der Waals surface area contributed by atoms with Crippen LogP contribution in [0.2, 0.25) is 10.2 Å². The zero-order valence-electron chi connectivity index (χ0n) is 16.8. The van der Waals surface area contributed by atoms with Gasteiger partial charge in [0.25, 0.3) is 0 Å². The average Bonchev–Trinajstić information content (AvgIpc) is 3.24. The highest BCUT2D eigenvalue weighted by molar-refractivity contribution is 6.35. The Hall–Kier alpha value is -2.29. The Labute approximate surface area is 181 Å². The van der Waals surface area contributed by atoms with Crippen molar-refractivity contribution >= 4 is 23.2 Å². The van der Waals surface area contributed by atoms with E-state index < -0.39 is 0 Å².